The van der Waals surface area contributed by atoms with E-state index in [1.165, 1.54) is 0 Å². The molecule has 1 aromatic carbocycles. The molecule has 1 atom stereocenters. The van der Waals surface area contributed by atoms with E-state index in [2.05, 4.69) is 10.4 Å². The predicted octanol–water partition coefficient (Wildman–Crippen LogP) is 1.98. The average Bonchev–Trinajstić information content (AvgIpc) is 2.97. The van der Waals surface area contributed by atoms with E-state index in [0.717, 1.165) is 55.3 Å². The molecule has 1 aromatic heterocycles. The molecule has 3 N–H and O–H groups in total. The standard InChI is InChI=1S/C20H24N4O2/c21-17(25)13-24-12-14-6-4-9-16(18(14)23-24)22-19(26)20(10-5-11-20)15-7-2-1-3-8-15/h1-3,7-8,12,16H,4-6,9-11,13H2,(H2,21,25)(H,22,26)/t16-/m1/s1. The van der Waals surface area contributed by atoms with Crippen molar-refractivity contribution in [2.24, 2.45) is 5.73 Å². The van der Waals surface area contributed by atoms with Crippen LogP contribution >= 0.6 is 0 Å². The van der Waals surface area contributed by atoms with Crippen LogP contribution in [0.3, 0.4) is 0 Å². The quantitative estimate of drug-likeness (QED) is 0.862. The molecule has 1 fully saturated rings. The van der Waals surface area contributed by atoms with Crippen molar-refractivity contribution in [3.05, 3.63) is 53.3 Å². The van der Waals surface area contributed by atoms with Gasteiger partial charge in [-0.1, -0.05) is 36.8 Å². The van der Waals surface area contributed by atoms with E-state index in [9.17, 15) is 9.59 Å². The lowest BCUT2D eigenvalue weighted by Crippen LogP contribution is -2.50. The summed E-state index contributed by atoms with van der Waals surface area (Å²) < 4.78 is 1.59. The second-order valence-electron chi connectivity index (χ2n) is 7.42. The summed E-state index contributed by atoms with van der Waals surface area (Å²) >= 11 is 0. The number of hydrogen-bond donors (Lipinski definition) is 2. The summed E-state index contributed by atoms with van der Waals surface area (Å²) in [6.07, 6.45) is 7.53. The van der Waals surface area contributed by atoms with Crippen molar-refractivity contribution in [2.45, 2.75) is 56.5 Å². The van der Waals surface area contributed by atoms with Gasteiger partial charge in [-0.3, -0.25) is 14.3 Å². The smallest absolute Gasteiger partial charge is 0.239 e. The van der Waals surface area contributed by atoms with Crippen LogP contribution in [0.15, 0.2) is 36.5 Å². The Morgan fingerprint density at radius 3 is 2.65 bits per heavy atom. The van der Waals surface area contributed by atoms with E-state index >= 15 is 0 Å². The molecule has 0 spiro atoms. The Kier molecular flexibility index (Phi) is 4.26. The Balaban J connectivity index is 1.56. The van der Waals surface area contributed by atoms with Gasteiger partial charge in [-0.15, -0.1) is 0 Å². The van der Waals surface area contributed by atoms with Gasteiger partial charge in [0.25, 0.3) is 0 Å². The molecule has 0 radical (unpaired) electrons. The predicted molar refractivity (Wildman–Crippen MR) is 97.2 cm³/mol. The molecule has 2 aromatic rings. The number of amides is 2. The van der Waals surface area contributed by atoms with Crippen LogP contribution < -0.4 is 11.1 Å². The third-order valence-electron chi connectivity index (χ3n) is 5.73. The van der Waals surface area contributed by atoms with Gasteiger partial charge in [-0.25, -0.2) is 0 Å². The first-order chi connectivity index (χ1) is 12.6. The van der Waals surface area contributed by atoms with E-state index in [-0.39, 0.29) is 18.5 Å². The maximum atomic E-state index is 13.2. The Morgan fingerprint density at radius 2 is 2.00 bits per heavy atom. The molecule has 0 saturated heterocycles. The van der Waals surface area contributed by atoms with Gasteiger partial charge in [-0.2, -0.15) is 5.10 Å². The van der Waals surface area contributed by atoms with Crippen LogP contribution in [0.4, 0.5) is 0 Å². The van der Waals surface area contributed by atoms with E-state index in [1.54, 1.807) is 4.68 Å². The highest BCUT2D eigenvalue weighted by atomic mass is 16.2. The summed E-state index contributed by atoms with van der Waals surface area (Å²) in [7, 11) is 0. The van der Waals surface area contributed by atoms with E-state index < -0.39 is 11.3 Å². The largest absolute Gasteiger partial charge is 0.368 e. The zero-order valence-corrected chi connectivity index (χ0v) is 14.8. The lowest BCUT2D eigenvalue weighted by Gasteiger charge is -2.42. The SMILES string of the molecule is NC(=O)Cn1cc2c(n1)[C@H](NC(=O)C1(c3ccccc3)CCC1)CCC2. The normalized spacial score (nSPS) is 20.7. The third-order valence-corrected chi connectivity index (χ3v) is 5.73. The Labute approximate surface area is 152 Å². The maximum absolute atomic E-state index is 13.2. The number of fused-ring (bicyclic) bond motifs is 1. The number of carbonyl (C=O) groups excluding carboxylic acids is 2. The number of nitrogens with two attached hydrogens (primary N) is 1. The van der Waals surface area contributed by atoms with Gasteiger partial charge in [0.1, 0.15) is 6.54 Å². The highest BCUT2D eigenvalue weighted by Gasteiger charge is 2.46. The number of primary amides is 1. The lowest BCUT2D eigenvalue weighted by atomic mass is 9.63. The summed E-state index contributed by atoms with van der Waals surface area (Å²) in [6.45, 7) is 0.0711. The van der Waals surface area contributed by atoms with Gasteiger partial charge in [0.15, 0.2) is 0 Å². The highest BCUT2D eigenvalue weighted by Crippen LogP contribution is 2.44. The van der Waals surface area contributed by atoms with Gasteiger partial charge in [0.2, 0.25) is 11.8 Å². The van der Waals surface area contributed by atoms with Crippen LogP contribution in [0.1, 0.15) is 55.0 Å². The molecule has 0 bridgehead atoms. The molecule has 2 amide bonds. The molecule has 1 saturated carbocycles. The molecule has 2 aliphatic rings. The lowest BCUT2D eigenvalue weighted by molar-refractivity contribution is -0.131. The molecule has 1 heterocycles. The molecule has 0 aliphatic heterocycles. The molecule has 0 unspecified atom stereocenters. The van der Waals surface area contributed by atoms with Crippen molar-refractivity contribution in [3.8, 4) is 0 Å². The van der Waals surface area contributed by atoms with E-state index in [0.29, 0.717) is 0 Å². The van der Waals surface area contributed by atoms with Crippen LogP contribution in [-0.4, -0.2) is 21.6 Å². The Bertz CT molecular complexity index is 824. The van der Waals surface area contributed by atoms with Crippen molar-refractivity contribution in [3.63, 3.8) is 0 Å². The first kappa shape index (κ1) is 16.8. The zero-order chi connectivity index (χ0) is 18.1. The van der Waals surface area contributed by atoms with E-state index in [1.807, 2.05) is 36.5 Å². The van der Waals surface area contributed by atoms with Gasteiger partial charge in [0.05, 0.1) is 17.2 Å². The first-order valence-electron chi connectivity index (χ1n) is 9.29. The number of aryl methyl sites for hydroxylation is 1. The fourth-order valence-electron chi connectivity index (χ4n) is 4.21. The van der Waals surface area contributed by atoms with Crippen LogP contribution in [0.25, 0.3) is 0 Å². The molecule has 6 heteroatoms. The van der Waals surface area contributed by atoms with Crippen LogP contribution in [0.5, 0.6) is 0 Å². The van der Waals surface area contributed by atoms with Crippen molar-refractivity contribution in [1.82, 2.24) is 15.1 Å². The van der Waals surface area contributed by atoms with Crippen molar-refractivity contribution >= 4 is 11.8 Å². The zero-order valence-electron chi connectivity index (χ0n) is 14.8. The molecular weight excluding hydrogens is 328 g/mol. The molecule has 2 aliphatic carbocycles. The Hall–Kier alpha value is -2.63. The van der Waals surface area contributed by atoms with Crippen molar-refractivity contribution < 1.29 is 9.59 Å². The van der Waals surface area contributed by atoms with Gasteiger partial charge >= 0.3 is 0 Å². The second kappa shape index (κ2) is 6.59. The fraction of sp³-hybridized carbons (Fsp3) is 0.450. The summed E-state index contributed by atoms with van der Waals surface area (Å²) in [5.74, 6) is -0.319. The minimum Gasteiger partial charge on any atom is -0.368 e. The number of nitrogens with one attached hydrogen (secondary N) is 1. The summed E-state index contributed by atoms with van der Waals surface area (Å²) in [5.41, 5.74) is 7.95. The number of carbonyl (C=O) groups is 2. The van der Waals surface area contributed by atoms with Crippen molar-refractivity contribution in [2.75, 3.05) is 0 Å². The molecule has 4 rings (SSSR count). The minimum atomic E-state index is -0.414. The van der Waals surface area contributed by atoms with Crippen LogP contribution in [-0.2, 0) is 28.0 Å². The number of benzene rings is 1. The summed E-state index contributed by atoms with van der Waals surface area (Å²) in [4.78, 5) is 24.4. The second-order valence-corrected chi connectivity index (χ2v) is 7.42. The van der Waals surface area contributed by atoms with Gasteiger partial charge in [-0.05, 0) is 43.2 Å². The first-order valence-corrected chi connectivity index (χ1v) is 9.29. The fourth-order valence-corrected chi connectivity index (χ4v) is 4.21. The molecule has 6 nitrogen and oxygen atoms in total. The number of nitrogens with zero attached hydrogens (tertiary/aromatic N) is 2. The molecule has 136 valence electrons. The topological polar surface area (TPSA) is 90.0 Å². The molecule has 26 heavy (non-hydrogen) atoms. The van der Waals surface area contributed by atoms with Crippen LogP contribution in [0.2, 0.25) is 0 Å². The maximum Gasteiger partial charge on any atom is 0.239 e. The summed E-state index contributed by atoms with van der Waals surface area (Å²) in [5, 5.41) is 7.78. The third kappa shape index (κ3) is 2.89. The highest BCUT2D eigenvalue weighted by molar-refractivity contribution is 5.89. The number of rotatable bonds is 5. The van der Waals surface area contributed by atoms with Gasteiger partial charge in [0, 0.05) is 6.20 Å². The Morgan fingerprint density at radius 1 is 1.23 bits per heavy atom. The number of hydrogen-bond acceptors (Lipinski definition) is 3. The van der Waals surface area contributed by atoms with Crippen LogP contribution in [0, 0.1) is 0 Å². The minimum absolute atomic E-state index is 0.0711. The van der Waals surface area contributed by atoms with Gasteiger partial charge < -0.3 is 11.1 Å². The number of aromatic nitrogens is 2. The van der Waals surface area contributed by atoms with E-state index in [4.69, 9.17) is 5.73 Å². The molecular formula is C20H24N4O2. The van der Waals surface area contributed by atoms with Crippen molar-refractivity contribution in [1.29, 1.82) is 0 Å². The average molecular weight is 352 g/mol. The summed E-state index contributed by atoms with van der Waals surface area (Å²) in [6, 6.07) is 9.97. The monoisotopic (exact) mass is 352 g/mol.